The van der Waals surface area contributed by atoms with Crippen molar-refractivity contribution < 1.29 is 8.81 Å². The van der Waals surface area contributed by atoms with Crippen LogP contribution < -0.4 is 4.90 Å². The summed E-state index contributed by atoms with van der Waals surface area (Å²) in [6, 6.07) is 3.97. The van der Waals surface area contributed by atoms with E-state index in [9.17, 15) is 4.39 Å². The van der Waals surface area contributed by atoms with E-state index in [1.165, 1.54) is 25.2 Å². The van der Waals surface area contributed by atoms with Gasteiger partial charge in [-0.2, -0.15) is 0 Å². The van der Waals surface area contributed by atoms with Gasteiger partial charge in [0.25, 0.3) is 0 Å². The van der Waals surface area contributed by atoms with Crippen molar-refractivity contribution in [1.82, 2.24) is 14.9 Å². The van der Waals surface area contributed by atoms with Gasteiger partial charge in [0.1, 0.15) is 5.76 Å². The minimum Gasteiger partial charge on any atom is -0.468 e. The Morgan fingerprint density at radius 1 is 1.17 bits per heavy atom. The second kappa shape index (κ2) is 5.92. The van der Waals surface area contributed by atoms with Crippen LogP contribution in [0.5, 0.6) is 0 Å². The molecule has 0 amide bonds. The van der Waals surface area contributed by atoms with Crippen molar-refractivity contribution in [3.63, 3.8) is 0 Å². The molecular weight excluding hydrogens is 295 g/mol. The Balaban J connectivity index is 1.43. The Morgan fingerprint density at radius 2 is 2.04 bits per heavy atom. The second-order valence-corrected chi connectivity index (χ2v) is 6.77. The highest BCUT2D eigenvalue weighted by Crippen LogP contribution is 2.40. The molecule has 2 fully saturated rings. The molecule has 0 saturated carbocycles. The van der Waals surface area contributed by atoms with Crippen LogP contribution in [0.2, 0.25) is 0 Å². The fourth-order valence-corrected chi connectivity index (χ4v) is 3.97. The average Bonchev–Trinajstić information content (AvgIpc) is 3.19. The van der Waals surface area contributed by atoms with Gasteiger partial charge in [-0.3, -0.25) is 4.90 Å². The second-order valence-electron chi connectivity index (χ2n) is 6.77. The SMILES string of the molecule is Fc1cnc(N2CCC[C@@]3(CCN(Cc4ccco4)C3)C2)nc1. The van der Waals surface area contributed by atoms with Crippen LogP contribution in [0.3, 0.4) is 0 Å². The first-order chi connectivity index (χ1) is 11.2. The third kappa shape index (κ3) is 3.08. The lowest BCUT2D eigenvalue weighted by molar-refractivity contribution is 0.208. The van der Waals surface area contributed by atoms with E-state index in [1.54, 1.807) is 6.26 Å². The van der Waals surface area contributed by atoms with Crippen molar-refractivity contribution in [2.45, 2.75) is 25.8 Å². The van der Waals surface area contributed by atoms with Gasteiger partial charge < -0.3 is 9.32 Å². The third-order valence-electron chi connectivity index (χ3n) is 5.03. The van der Waals surface area contributed by atoms with Crippen LogP contribution >= 0.6 is 0 Å². The Labute approximate surface area is 135 Å². The molecule has 2 aromatic rings. The highest BCUT2D eigenvalue weighted by atomic mass is 19.1. The molecule has 0 aliphatic carbocycles. The number of halogens is 1. The summed E-state index contributed by atoms with van der Waals surface area (Å²) in [5.74, 6) is 1.29. The molecule has 0 N–H and O–H groups in total. The molecular formula is C17H21FN4O. The number of rotatable bonds is 3. The number of aromatic nitrogens is 2. The van der Waals surface area contributed by atoms with E-state index in [0.717, 1.165) is 44.9 Å². The van der Waals surface area contributed by atoms with Crippen LogP contribution in [0.4, 0.5) is 10.3 Å². The van der Waals surface area contributed by atoms with Crippen LogP contribution in [0.25, 0.3) is 0 Å². The zero-order valence-corrected chi connectivity index (χ0v) is 13.1. The van der Waals surface area contributed by atoms with Crippen molar-refractivity contribution in [1.29, 1.82) is 0 Å². The predicted molar refractivity (Wildman–Crippen MR) is 84.5 cm³/mol. The van der Waals surface area contributed by atoms with Gasteiger partial charge in [0, 0.05) is 25.0 Å². The number of likely N-dealkylation sites (tertiary alicyclic amines) is 1. The van der Waals surface area contributed by atoms with Crippen LogP contribution in [-0.4, -0.2) is 41.0 Å². The highest BCUT2D eigenvalue weighted by Gasteiger charge is 2.41. The summed E-state index contributed by atoms with van der Waals surface area (Å²) in [5.41, 5.74) is 0.294. The molecule has 4 heterocycles. The summed E-state index contributed by atoms with van der Waals surface area (Å²) < 4.78 is 18.5. The highest BCUT2D eigenvalue weighted by molar-refractivity contribution is 5.30. The van der Waals surface area contributed by atoms with Gasteiger partial charge in [0.05, 0.1) is 25.2 Å². The number of hydrogen-bond donors (Lipinski definition) is 0. The molecule has 2 aromatic heterocycles. The minimum atomic E-state index is -0.383. The van der Waals surface area contributed by atoms with E-state index in [-0.39, 0.29) is 5.82 Å². The van der Waals surface area contributed by atoms with Gasteiger partial charge in [-0.25, -0.2) is 14.4 Å². The molecule has 0 bridgehead atoms. The Morgan fingerprint density at radius 3 is 2.83 bits per heavy atom. The standard InChI is InChI=1S/C17H21FN4O/c18-14-9-19-16(20-10-14)22-6-2-4-17(13-22)5-7-21(12-17)11-15-3-1-8-23-15/h1,3,8-10H,2,4-7,11-13H2/t17-/m0/s1. The number of nitrogens with zero attached hydrogens (tertiary/aromatic N) is 4. The van der Waals surface area contributed by atoms with Crippen molar-refractivity contribution >= 4 is 5.95 Å². The molecule has 2 saturated heterocycles. The summed E-state index contributed by atoms with van der Waals surface area (Å²) in [7, 11) is 0. The quantitative estimate of drug-likeness (QED) is 0.871. The number of furan rings is 1. The maximum Gasteiger partial charge on any atom is 0.225 e. The van der Waals surface area contributed by atoms with Crippen molar-refractivity contribution in [3.05, 3.63) is 42.4 Å². The van der Waals surface area contributed by atoms with E-state index >= 15 is 0 Å². The summed E-state index contributed by atoms with van der Waals surface area (Å²) in [5, 5.41) is 0. The van der Waals surface area contributed by atoms with Crippen molar-refractivity contribution in [3.8, 4) is 0 Å². The third-order valence-corrected chi connectivity index (χ3v) is 5.03. The van der Waals surface area contributed by atoms with Gasteiger partial charge in [-0.15, -0.1) is 0 Å². The van der Waals surface area contributed by atoms with Crippen molar-refractivity contribution in [2.75, 3.05) is 31.1 Å². The first-order valence-electron chi connectivity index (χ1n) is 8.20. The minimum absolute atomic E-state index is 0.294. The fourth-order valence-electron chi connectivity index (χ4n) is 3.97. The van der Waals surface area contributed by atoms with E-state index < -0.39 is 0 Å². The molecule has 2 aliphatic rings. The normalized spacial score (nSPS) is 25.3. The van der Waals surface area contributed by atoms with Crippen LogP contribution in [-0.2, 0) is 6.54 Å². The van der Waals surface area contributed by atoms with E-state index in [4.69, 9.17) is 4.42 Å². The largest absolute Gasteiger partial charge is 0.468 e. The lowest BCUT2D eigenvalue weighted by atomic mass is 9.79. The zero-order valence-electron chi connectivity index (χ0n) is 13.1. The first-order valence-corrected chi connectivity index (χ1v) is 8.20. The van der Waals surface area contributed by atoms with Crippen LogP contribution in [0.1, 0.15) is 25.0 Å². The molecule has 0 aromatic carbocycles. The molecule has 5 nitrogen and oxygen atoms in total. The maximum absolute atomic E-state index is 13.0. The molecule has 0 unspecified atom stereocenters. The molecule has 6 heteroatoms. The van der Waals surface area contributed by atoms with Gasteiger partial charge >= 0.3 is 0 Å². The van der Waals surface area contributed by atoms with Crippen LogP contribution in [0.15, 0.2) is 35.2 Å². The summed E-state index contributed by atoms with van der Waals surface area (Å²) in [6.45, 7) is 4.95. The molecule has 4 rings (SSSR count). The van der Waals surface area contributed by atoms with Gasteiger partial charge in [-0.1, -0.05) is 0 Å². The summed E-state index contributed by atoms with van der Waals surface area (Å²) in [6.07, 6.45) is 7.79. The molecule has 1 atom stereocenters. The van der Waals surface area contributed by atoms with Crippen LogP contribution in [0, 0.1) is 11.2 Å². The lowest BCUT2D eigenvalue weighted by Crippen LogP contribution is -2.45. The Hall–Kier alpha value is -1.95. The number of anilines is 1. The molecule has 23 heavy (non-hydrogen) atoms. The summed E-state index contributed by atoms with van der Waals surface area (Å²) in [4.78, 5) is 13.0. The molecule has 1 spiro atoms. The molecule has 122 valence electrons. The lowest BCUT2D eigenvalue weighted by Gasteiger charge is -2.40. The summed E-state index contributed by atoms with van der Waals surface area (Å²) >= 11 is 0. The predicted octanol–water partition coefficient (Wildman–Crippen LogP) is 2.70. The molecule has 0 radical (unpaired) electrons. The average molecular weight is 316 g/mol. The fraction of sp³-hybridized carbons (Fsp3) is 0.529. The smallest absolute Gasteiger partial charge is 0.225 e. The number of piperidine rings is 1. The van der Waals surface area contributed by atoms with E-state index in [0.29, 0.717) is 11.4 Å². The van der Waals surface area contributed by atoms with Gasteiger partial charge in [0.15, 0.2) is 5.82 Å². The van der Waals surface area contributed by atoms with Gasteiger partial charge in [-0.05, 0) is 37.9 Å². The van der Waals surface area contributed by atoms with E-state index in [2.05, 4.69) is 19.8 Å². The van der Waals surface area contributed by atoms with Gasteiger partial charge in [0.2, 0.25) is 5.95 Å². The van der Waals surface area contributed by atoms with E-state index in [1.807, 2.05) is 12.1 Å². The Kier molecular flexibility index (Phi) is 3.77. The Bertz CT molecular complexity index is 645. The first kappa shape index (κ1) is 14.6. The molecule has 2 aliphatic heterocycles. The maximum atomic E-state index is 13.0. The monoisotopic (exact) mass is 316 g/mol. The topological polar surface area (TPSA) is 45.4 Å². The zero-order chi connectivity index (χ0) is 15.7. The number of hydrogen-bond acceptors (Lipinski definition) is 5. The van der Waals surface area contributed by atoms with Crippen molar-refractivity contribution in [2.24, 2.45) is 5.41 Å².